The van der Waals surface area contributed by atoms with E-state index in [1.54, 1.807) is 36.0 Å². The summed E-state index contributed by atoms with van der Waals surface area (Å²) in [6.07, 6.45) is 0. The third-order valence-corrected chi connectivity index (χ3v) is 4.78. The Labute approximate surface area is 147 Å². The van der Waals surface area contributed by atoms with Crippen molar-refractivity contribution in [3.05, 3.63) is 59.7 Å². The van der Waals surface area contributed by atoms with E-state index in [0.717, 1.165) is 11.4 Å². The van der Waals surface area contributed by atoms with Gasteiger partial charge in [-0.3, -0.25) is 9.59 Å². The summed E-state index contributed by atoms with van der Waals surface area (Å²) in [4.78, 5) is 23.3. The zero-order valence-corrected chi connectivity index (χ0v) is 14.9. The first-order chi connectivity index (χ1) is 11.5. The molecule has 0 aliphatic carbocycles. The van der Waals surface area contributed by atoms with Crippen molar-refractivity contribution in [1.82, 2.24) is 0 Å². The zero-order chi connectivity index (χ0) is 17.5. The summed E-state index contributed by atoms with van der Waals surface area (Å²) in [5.74, 6) is 0.664. The first kappa shape index (κ1) is 18.1. The van der Waals surface area contributed by atoms with E-state index in [0.29, 0.717) is 5.69 Å². The number of hydrogen-bond acceptors (Lipinski definition) is 3. The second-order valence-corrected chi connectivity index (χ2v) is 6.96. The van der Waals surface area contributed by atoms with Crippen molar-refractivity contribution in [2.24, 2.45) is 0 Å². The van der Waals surface area contributed by atoms with E-state index in [-0.39, 0.29) is 17.1 Å². The average Bonchev–Trinajstić information content (AvgIpc) is 2.55. The highest BCUT2D eigenvalue weighted by atomic mass is 32.2. The van der Waals surface area contributed by atoms with Crippen LogP contribution in [0.25, 0.3) is 0 Å². The lowest BCUT2D eigenvalue weighted by molar-refractivity contribution is -0.115. The van der Waals surface area contributed by atoms with Crippen LogP contribution in [0, 0.1) is 6.92 Å². The molecule has 0 aromatic heterocycles. The number of carbonyl (C=O) groups excluding carboxylic acids is 2. The molecule has 0 bridgehead atoms. The van der Waals surface area contributed by atoms with Crippen molar-refractivity contribution in [2.45, 2.75) is 31.8 Å². The Morgan fingerprint density at radius 1 is 1.00 bits per heavy atom. The number of amides is 2. The van der Waals surface area contributed by atoms with Crippen molar-refractivity contribution in [1.29, 1.82) is 0 Å². The molecule has 2 N–H and O–H groups in total. The number of hydrogen-bond donors (Lipinski definition) is 2. The third kappa shape index (κ3) is 5.42. The summed E-state index contributed by atoms with van der Waals surface area (Å²) in [7, 11) is 0. The second-order valence-electron chi connectivity index (χ2n) is 5.63. The maximum atomic E-state index is 12.3. The quantitative estimate of drug-likeness (QED) is 0.826. The van der Waals surface area contributed by atoms with E-state index in [4.69, 9.17) is 0 Å². The lowest BCUT2D eigenvalue weighted by atomic mass is 10.1. The topological polar surface area (TPSA) is 58.2 Å². The Bertz CT molecular complexity index is 714. The highest BCUT2D eigenvalue weighted by Crippen LogP contribution is 2.21. The van der Waals surface area contributed by atoms with E-state index in [9.17, 15) is 9.59 Å². The average molecular weight is 342 g/mol. The van der Waals surface area contributed by atoms with Crippen LogP contribution in [0.5, 0.6) is 0 Å². The van der Waals surface area contributed by atoms with Gasteiger partial charge in [0.2, 0.25) is 11.8 Å². The van der Waals surface area contributed by atoms with Gasteiger partial charge < -0.3 is 10.6 Å². The monoisotopic (exact) mass is 342 g/mol. The molecule has 5 heteroatoms. The number of rotatable bonds is 6. The summed E-state index contributed by atoms with van der Waals surface area (Å²) in [6.45, 7) is 5.45. The summed E-state index contributed by atoms with van der Waals surface area (Å²) in [6, 6.07) is 15.3. The SMILES string of the molecule is CC(=O)Nc1ccc(NC(=O)[C@H](C)SCc2ccccc2C)cc1. The van der Waals surface area contributed by atoms with E-state index in [2.05, 4.69) is 29.7 Å². The molecule has 1 atom stereocenters. The molecule has 0 saturated carbocycles. The van der Waals surface area contributed by atoms with E-state index in [1.807, 2.05) is 19.1 Å². The van der Waals surface area contributed by atoms with Gasteiger partial charge in [-0.2, -0.15) is 0 Å². The van der Waals surface area contributed by atoms with Crippen LogP contribution in [0.4, 0.5) is 11.4 Å². The summed E-state index contributed by atoms with van der Waals surface area (Å²) >= 11 is 1.61. The minimum atomic E-state index is -0.153. The lowest BCUT2D eigenvalue weighted by Crippen LogP contribution is -2.22. The Kier molecular flexibility index (Phi) is 6.44. The fourth-order valence-corrected chi connectivity index (χ4v) is 3.11. The van der Waals surface area contributed by atoms with Crippen molar-refractivity contribution in [3.8, 4) is 0 Å². The van der Waals surface area contributed by atoms with Crippen LogP contribution in [-0.2, 0) is 15.3 Å². The molecule has 0 unspecified atom stereocenters. The Balaban J connectivity index is 1.87. The largest absolute Gasteiger partial charge is 0.326 e. The molecule has 2 aromatic rings. The predicted octanol–water partition coefficient (Wildman–Crippen LogP) is 4.21. The molecule has 0 aliphatic heterocycles. The maximum absolute atomic E-state index is 12.3. The molecule has 24 heavy (non-hydrogen) atoms. The molecule has 0 saturated heterocycles. The minimum absolute atomic E-state index is 0.0270. The van der Waals surface area contributed by atoms with Crippen molar-refractivity contribution in [2.75, 3.05) is 10.6 Å². The molecule has 2 aromatic carbocycles. The number of carbonyl (C=O) groups is 2. The molecule has 0 fully saturated rings. The van der Waals surface area contributed by atoms with Gasteiger partial charge in [0.15, 0.2) is 0 Å². The van der Waals surface area contributed by atoms with Crippen LogP contribution in [0.1, 0.15) is 25.0 Å². The standard InChI is InChI=1S/C19H22N2O2S/c1-13-6-4-5-7-16(13)12-24-14(2)19(23)21-18-10-8-17(9-11-18)20-15(3)22/h4-11,14H,12H2,1-3H3,(H,20,22)(H,21,23)/t14-/m0/s1. The predicted molar refractivity (Wildman–Crippen MR) is 101 cm³/mol. The van der Waals surface area contributed by atoms with Gasteiger partial charge in [0.05, 0.1) is 5.25 Å². The number of benzene rings is 2. The fraction of sp³-hybridized carbons (Fsp3) is 0.263. The summed E-state index contributed by atoms with van der Waals surface area (Å²) in [5.41, 5.74) is 3.92. The normalized spacial score (nSPS) is 11.6. The molecular formula is C19H22N2O2S. The van der Waals surface area contributed by atoms with Gasteiger partial charge in [-0.05, 0) is 49.2 Å². The van der Waals surface area contributed by atoms with Crippen LogP contribution in [-0.4, -0.2) is 17.1 Å². The smallest absolute Gasteiger partial charge is 0.237 e. The Morgan fingerprint density at radius 2 is 1.58 bits per heavy atom. The van der Waals surface area contributed by atoms with Gasteiger partial charge in [-0.1, -0.05) is 24.3 Å². The van der Waals surface area contributed by atoms with E-state index < -0.39 is 0 Å². The van der Waals surface area contributed by atoms with Crippen LogP contribution in [0.15, 0.2) is 48.5 Å². The fourth-order valence-electron chi connectivity index (χ4n) is 2.15. The molecule has 2 rings (SSSR count). The van der Waals surface area contributed by atoms with Crippen molar-refractivity contribution < 1.29 is 9.59 Å². The molecule has 0 radical (unpaired) electrons. The van der Waals surface area contributed by atoms with E-state index >= 15 is 0 Å². The second kappa shape index (κ2) is 8.55. The van der Waals surface area contributed by atoms with Gasteiger partial charge in [0.25, 0.3) is 0 Å². The minimum Gasteiger partial charge on any atom is -0.326 e. The Morgan fingerprint density at radius 3 is 2.17 bits per heavy atom. The van der Waals surface area contributed by atoms with Crippen LogP contribution in [0.2, 0.25) is 0 Å². The Hall–Kier alpha value is -2.27. The first-order valence-corrected chi connectivity index (χ1v) is 8.85. The van der Waals surface area contributed by atoms with Crippen LogP contribution in [0.3, 0.4) is 0 Å². The van der Waals surface area contributed by atoms with Gasteiger partial charge in [-0.25, -0.2) is 0 Å². The molecule has 2 amide bonds. The van der Waals surface area contributed by atoms with Gasteiger partial charge >= 0.3 is 0 Å². The maximum Gasteiger partial charge on any atom is 0.237 e. The highest BCUT2D eigenvalue weighted by Gasteiger charge is 2.14. The van der Waals surface area contributed by atoms with Crippen molar-refractivity contribution >= 4 is 35.0 Å². The number of anilines is 2. The zero-order valence-electron chi connectivity index (χ0n) is 14.1. The van der Waals surface area contributed by atoms with Crippen LogP contribution < -0.4 is 10.6 Å². The third-order valence-electron chi connectivity index (χ3n) is 3.59. The van der Waals surface area contributed by atoms with Crippen LogP contribution >= 0.6 is 11.8 Å². The lowest BCUT2D eigenvalue weighted by Gasteiger charge is -2.13. The van der Waals surface area contributed by atoms with E-state index in [1.165, 1.54) is 18.1 Å². The number of thioether (sulfide) groups is 1. The number of nitrogens with one attached hydrogen (secondary N) is 2. The van der Waals surface area contributed by atoms with Gasteiger partial charge in [0, 0.05) is 24.1 Å². The van der Waals surface area contributed by atoms with Crippen molar-refractivity contribution in [3.63, 3.8) is 0 Å². The molecule has 0 heterocycles. The molecule has 4 nitrogen and oxygen atoms in total. The molecule has 126 valence electrons. The van der Waals surface area contributed by atoms with Gasteiger partial charge in [-0.15, -0.1) is 11.8 Å². The summed E-state index contributed by atoms with van der Waals surface area (Å²) < 4.78 is 0. The number of aryl methyl sites for hydroxylation is 1. The molecular weight excluding hydrogens is 320 g/mol. The van der Waals surface area contributed by atoms with Gasteiger partial charge in [0.1, 0.15) is 0 Å². The summed E-state index contributed by atoms with van der Waals surface area (Å²) in [5, 5.41) is 5.44. The molecule has 0 aliphatic rings. The highest BCUT2D eigenvalue weighted by molar-refractivity contribution is 7.99. The molecule has 0 spiro atoms. The first-order valence-electron chi connectivity index (χ1n) is 7.80.